The van der Waals surface area contributed by atoms with Gasteiger partial charge in [-0.25, -0.2) is 22.3 Å². The van der Waals surface area contributed by atoms with Crippen LogP contribution in [0.5, 0.6) is 0 Å². The smallest absolute Gasteiger partial charge is 0.331 e. The maximum atomic E-state index is 13.3. The number of carbonyl (C=O) groups is 3. The van der Waals surface area contributed by atoms with E-state index in [2.05, 4.69) is 10.6 Å². The fourth-order valence-corrected chi connectivity index (χ4v) is 6.23. The summed E-state index contributed by atoms with van der Waals surface area (Å²) in [5.74, 6) is -0.245. The van der Waals surface area contributed by atoms with Crippen molar-refractivity contribution >= 4 is 28.0 Å². The van der Waals surface area contributed by atoms with Crippen LogP contribution in [-0.2, 0) is 21.2 Å². The van der Waals surface area contributed by atoms with E-state index in [1.54, 1.807) is 12.1 Å². The zero-order chi connectivity index (χ0) is 24.9. The lowest BCUT2D eigenvalue weighted by molar-refractivity contribution is -0.123. The van der Waals surface area contributed by atoms with E-state index < -0.39 is 22.1 Å². The van der Waals surface area contributed by atoms with E-state index in [9.17, 15) is 22.8 Å². The zero-order valence-corrected chi connectivity index (χ0v) is 20.9. The second-order valence-corrected chi connectivity index (χ2v) is 10.6. The number of imide groups is 1. The number of hydrogen-bond donors (Lipinski definition) is 2. The number of nitrogens with one attached hydrogen (secondary N) is 2. The second-order valence-electron chi connectivity index (χ2n) is 8.78. The van der Waals surface area contributed by atoms with Gasteiger partial charge in [-0.05, 0) is 55.9 Å². The minimum absolute atomic E-state index is 0.0609. The summed E-state index contributed by atoms with van der Waals surface area (Å²) >= 11 is 0. The van der Waals surface area contributed by atoms with Crippen molar-refractivity contribution in [3.05, 3.63) is 41.0 Å². The predicted molar refractivity (Wildman–Crippen MR) is 129 cm³/mol. The molecule has 10 heteroatoms. The van der Waals surface area contributed by atoms with Gasteiger partial charge in [-0.2, -0.15) is 0 Å². The van der Waals surface area contributed by atoms with Crippen LogP contribution in [0.1, 0.15) is 57.9 Å². The molecule has 1 aromatic rings. The summed E-state index contributed by atoms with van der Waals surface area (Å²) < 4.78 is 27.5. The van der Waals surface area contributed by atoms with Crippen LogP contribution in [-0.4, -0.2) is 61.8 Å². The van der Waals surface area contributed by atoms with Crippen LogP contribution < -0.4 is 10.6 Å². The van der Waals surface area contributed by atoms with Crippen LogP contribution in [0.2, 0.25) is 0 Å². The van der Waals surface area contributed by atoms with Crippen LogP contribution >= 0.6 is 0 Å². The minimum Gasteiger partial charge on any atom is -0.340 e. The van der Waals surface area contributed by atoms with E-state index in [1.807, 2.05) is 13.8 Å². The number of sulfonamides is 1. The third-order valence-electron chi connectivity index (χ3n) is 6.50. The SMILES string of the molecule is CCC1=C(C)CN(C(=O)NCCc2ccc(S(=O)(=O)N(C(=O)NC)C3CCCCC3)cc2)C1=O. The Bertz CT molecular complexity index is 1060. The lowest BCUT2D eigenvalue weighted by Crippen LogP contribution is -2.49. The van der Waals surface area contributed by atoms with Crippen molar-refractivity contribution in [1.82, 2.24) is 19.8 Å². The predicted octanol–water partition coefficient (Wildman–Crippen LogP) is 3.17. The van der Waals surface area contributed by atoms with Crippen molar-refractivity contribution in [3.63, 3.8) is 0 Å². The highest BCUT2D eigenvalue weighted by Gasteiger charge is 2.36. The van der Waals surface area contributed by atoms with E-state index in [4.69, 9.17) is 0 Å². The second kappa shape index (κ2) is 11.0. The maximum absolute atomic E-state index is 13.3. The average Bonchev–Trinajstić information content (AvgIpc) is 3.12. The highest BCUT2D eigenvalue weighted by atomic mass is 32.2. The number of amides is 5. The molecule has 1 aliphatic carbocycles. The van der Waals surface area contributed by atoms with Gasteiger partial charge in [0.15, 0.2) is 0 Å². The molecule has 0 bridgehead atoms. The van der Waals surface area contributed by atoms with Crippen LogP contribution in [0, 0.1) is 0 Å². The molecule has 0 radical (unpaired) electrons. The molecule has 0 spiro atoms. The number of hydrogen-bond acceptors (Lipinski definition) is 5. The summed E-state index contributed by atoms with van der Waals surface area (Å²) in [5.41, 5.74) is 2.43. The Labute approximate surface area is 201 Å². The quantitative estimate of drug-likeness (QED) is 0.609. The molecular formula is C24H34N4O5S. The molecule has 1 heterocycles. The molecule has 2 aliphatic rings. The molecule has 1 fully saturated rings. The summed E-state index contributed by atoms with van der Waals surface area (Å²) in [5, 5.41) is 5.22. The maximum Gasteiger partial charge on any atom is 0.331 e. The number of carbonyl (C=O) groups excluding carboxylic acids is 3. The van der Waals surface area contributed by atoms with E-state index in [1.165, 1.54) is 24.1 Å². The number of urea groups is 2. The van der Waals surface area contributed by atoms with Gasteiger partial charge in [0.1, 0.15) is 0 Å². The first-order chi connectivity index (χ1) is 16.2. The first kappa shape index (κ1) is 25.7. The van der Waals surface area contributed by atoms with E-state index in [-0.39, 0.29) is 16.8 Å². The van der Waals surface area contributed by atoms with Crippen molar-refractivity contribution in [2.24, 2.45) is 0 Å². The summed E-state index contributed by atoms with van der Waals surface area (Å²) in [7, 11) is -2.56. The largest absolute Gasteiger partial charge is 0.340 e. The normalized spacial score (nSPS) is 17.1. The van der Waals surface area contributed by atoms with Gasteiger partial charge in [-0.1, -0.05) is 38.3 Å². The molecule has 0 atom stereocenters. The first-order valence-corrected chi connectivity index (χ1v) is 13.3. The van der Waals surface area contributed by atoms with Gasteiger partial charge in [0.2, 0.25) is 0 Å². The van der Waals surface area contributed by atoms with Crippen molar-refractivity contribution in [3.8, 4) is 0 Å². The standard InChI is InChI=1S/C24H34N4O5S/c1-4-21-17(2)16-27(22(21)29)24(31)26-15-14-18-10-12-20(13-11-18)34(32,33)28(23(30)25-3)19-8-6-5-7-9-19/h10-13,19H,4-9,14-16H2,1-3H3,(H,25,30)(H,26,31). The highest BCUT2D eigenvalue weighted by molar-refractivity contribution is 7.89. The molecule has 0 saturated heterocycles. The lowest BCUT2D eigenvalue weighted by Gasteiger charge is -2.33. The molecule has 34 heavy (non-hydrogen) atoms. The topological polar surface area (TPSA) is 116 Å². The van der Waals surface area contributed by atoms with E-state index >= 15 is 0 Å². The molecule has 3 rings (SSSR count). The van der Waals surface area contributed by atoms with Crippen molar-refractivity contribution in [2.75, 3.05) is 20.1 Å². The van der Waals surface area contributed by atoms with Gasteiger partial charge >= 0.3 is 12.1 Å². The Kier molecular flexibility index (Phi) is 8.35. The Morgan fingerprint density at radius 2 is 1.76 bits per heavy atom. The van der Waals surface area contributed by atoms with E-state index in [0.717, 1.165) is 34.7 Å². The molecule has 0 unspecified atom stereocenters. The average molecular weight is 491 g/mol. The molecular weight excluding hydrogens is 456 g/mol. The Balaban J connectivity index is 1.61. The third kappa shape index (κ3) is 5.43. The van der Waals surface area contributed by atoms with Gasteiger partial charge in [0.25, 0.3) is 15.9 Å². The molecule has 5 amide bonds. The summed E-state index contributed by atoms with van der Waals surface area (Å²) in [6.07, 6.45) is 5.25. The molecule has 1 aromatic carbocycles. The molecule has 1 aliphatic heterocycles. The van der Waals surface area contributed by atoms with Crippen molar-refractivity contribution < 1.29 is 22.8 Å². The molecule has 1 saturated carbocycles. The third-order valence-corrected chi connectivity index (χ3v) is 8.35. The summed E-state index contributed by atoms with van der Waals surface area (Å²) in [6.45, 7) is 4.37. The lowest BCUT2D eigenvalue weighted by atomic mass is 9.96. The van der Waals surface area contributed by atoms with Gasteiger partial charge in [-0.15, -0.1) is 0 Å². The van der Waals surface area contributed by atoms with Crippen LogP contribution in [0.15, 0.2) is 40.3 Å². The Morgan fingerprint density at radius 3 is 2.32 bits per heavy atom. The van der Waals surface area contributed by atoms with Crippen LogP contribution in [0.4, 0.5) is 9.59 Å². The fourth-order valence-electron chi connectivity index (χ4n) is 4.61. The van der Waals surface area contributed by atoms with Crippen molar-refractivity contribution in [1.29, 1.82) is 0 Å². The first-order valence-electron chi connectivity index (χ1n) is 11.8. The van der Waals surface area contributed by atoms with Gasteiger partial charge in [0, 0.05) is 19.2 Å². The fraction of sp³-hybridized carbons (Fsp3) is 0.542. The summed E-state index contributed by atoms with van der Waals surface area (Å²) in [4.78, 5) is 38.4. The number of rotatable bonds is 7. The highest BCUT2D eigenvalue weighted by Crippen LogP contribution is 2.28. The molecule has 0 aromatic heterocycles. The molecule has 9 nitrogen and oxygen atoms in total. The van der Waals surface area contributed by atoms with Gasteiger partial charge < -0.3 is 10.6 Å². The van der Waals surface area contributed by atoms with Crippen LogP contribution in [0.25, 0.3) is 0 Å². The van der Waals surface area contributed by atoms with Gasteiger partial charge in [-0.3, -0.25) is 9.69 Å². The van der Waals surface area contributed by atoms with Crippen LogP contribution in [0.3, 0.4) is 0 Å². The molecule has 186 valence electrons. The van der Waals surface area contributed by atoms with E-state index in [0.29, 0.717) is 44.3 Å². The Morgan fingerprint density at radius 1 is 1.12 bits per heavy atom. The minimum atomic E-state index is -3.99. The zero-order valence-electron chi connectivity index (χ0n) is 20.1. The van der Waals surface area contributed by atoms with Crippen molar-refractivity contribution in [2.45, 2.75) is 69.7 Å². The number of benzene rings is 1. The monoisotopic (exact) mass is 490 g/mol. The Hall–Kier alpha value is -2.88. The molecule has 2 N–H and O–H groups in total. The number of nitrogens with zero attached hydrogens (tertiary/aromatic N) is 2. The van der Waals surface area contributed by atoms with Gasteiger partial charge in [0.05, 0.1) is 17.5 Å². The summed E-state index contributed by atoms with van der Waals surface area (Å²) in [6, 6.07) is 4.97.